The van der Waals surface area contributed by atoms with Crippen molar-refractivity contribution < 1.29 is 14.3 Å². The van der Waals surface area contributed by atoms with E-state index in [2.05, 4.69) is 12.2 Å². The van der Waals surface area contributed by atoms with Gasteiger partial charge in [-0.15, -0.1) is 0 Å². The highest BCUT2D eigenvalue weighted by Crippen LogP contribution is 2.50. The van der Waals surface area contributed by atoms with Crippen LogP contribution >= 0.6 is 0 Å². The predicted molar refractivity (Wildman–Crippen MR) is 77.8 cm³/mol. The summed E-state index contributed by atoms with van der Waals surface area (Å²) in [5.41, 5.74) is 0.623. The Balaban J connectivity index is 1.75. The summed E-state index contributed by atoms with van der Waals surface area (Å²) >= 11 is 0. The Hall–Kier alpha value is -2.10. The van der Waals surface area contributed by atoms with Crippen LogP contribution in [0.3, 0.4) is 0 Å². The Kier molecular flexibility index (Phi) is 2.67. The van der Waals surface area contributed by atoms with E-state index in [1.165, 1.54) is 4.90 Å². The van der Waals surface area contributed by atoms with Crippen molar-refractivity contribution in [1.82, 2.24) is 0 Å². The molecule has 2 bridgehead atoms. The first-order valence-corrected chi connectivity index (χ1v) is 7.41. The molecule has 1 aliphatic heterocycles. The Morgan fingerprint density at radius 1 is 1.05 bits per heavy atom. The minimum Gasteiger partial charge on any atom is -0.497 e. The number of nitrogens with zero attached hydrogens (tertiary/aromatic N) is 1. The molecule has 0 N–H and O–H groups in total. The predicted octanol–water partition coefficient (Wildman–Crippen LogP) is 2.40. The molecule has 0 unspecified atom stereocenters. The third-order valence-electron chi connectivity index (χ3n) is 5.07. The lowest BCUT2D eigenvalue weighted by atomic mass is 9.63. The van der Waals surface area contributed by atoms with Crippen molar-refractivity contribution in [3.05, 3.63) is 36.4 Å². The molecule has 1 saturated heterocycles. The number of methoxy groups -OCH3 is 1. The lowest BCUT2D eigenvalue weighted by Gasteiger charge is -2.38. The van der Waals surface area contributed by atoms with Crippen molar-refractivity contribution in [3.8, 4) is 5.75 Å². The fourth-order valence-electron chi connectivity index (χ4n) is 4.08. The molecular formula is C17H17NO3. The summed E-state index contributed by atoms with van der Waals surface area (Å²) in [5, 5.41) is 0. The fourth-order valence-corrected chi connectivity index (χ4v) is 4.08. The Bertz CT molecular complexity index is 619. The van der Waals surface area contributed by atoms with Crippen LogP contribution in [-0.2, 0) is 9.59 Å². The number of allylic oxidation sites excluding steroid dienone is 2. The highest BCUT2D eigenvalue weighted by molar-refractivity contribution is 6.22. The number of anilines is 1. The van der Waals surface area contributed by atoms with Crippen LogP contribution in [-0.4, -0.2) is 18.9 Å². The van der Waals surface area contributed by atoms with Gasteiger partial charge in [0.15, 0.2) is 0 Å². The van der Waals surface area contributed by atoms with Crippen molar-refractivity contribution in [3.63, 3.8) is 0 Å². The first kappa shape index (κ1) is 12.6. The van der Waals surface area contributed by atoms with E-state index in [1.807, 2.05) is 12.1 Å². The van der Waals surface area contributed by atoms with Crippen molar-refractivity contribution in [2.45, 2.75) is 12.8 Å². The van der Waals surface area contributed by atoms with E-state index in [4.69, 9.17) is 4.74 Å². The van der Waals surface area contributed by atoms with E-state index < -0.39 is 0 Å². The summed E-state index contributed by atoms with van der Waals surface area (Å²) in [6, 6.07) is 7.17. The van der Waals surface area contributed by atoms with Gasteiger partial charge in [0.25, 0.3) is 0 Å². The number of carbonyl (C=O) groups is 2. The zero-order valence-corrected chi connectivity index (χ0v) is 11.9. The molecule has 108 valence electrons. The van der Waals surface area contributed by atoms with E-state index >= 15 is 0 Å². The summed E-state index contributed by atoms with van der Waals surface area (Å²) in [6.45, 7) is 0. The highest BCUT2D eigenvalue weighted by atomic mass is 16.5. The van der Waals surface area contributed by atoms with Crippen LogP contribution in [0.25, 0.3) is 0 Å². The molecule has 1 heterocycles. The molecule has 4 nitrogen and oxygen atoms in total. The topological polar surface area (TPSA) is 46.6 Å². The number of ether oxygens (including phenoxy) is 1. The molecule has 1 aromatic rings. The first-order valence-electron chi connectivity index (χ1n) is 7.41. The SMILES string of the molecule is COc1cccc(N2C(=O)[C@@H]3[C@H](C2=O)[C@@H]2C=C[C@@H]3CC2)c1. The van der Waals surface area contributed by atoms with Gasteiger partial charge in [-0.05, 0) is 36.8 Å². The molecule has 2 amide bonds. The second-order valence-electron chi connectivity index (χ2n) is 6.05. The van der Waals surface area contributed by atoms with Gasteiger partial charge in [0, 0.05) is 6.07 Å². The fraction of sp³-hybridized carbons (Fsp3) is 0.412. The maximum atomic E-state index is 12.8. The summed E-state index contributed by atoms with van der Waals surface area (Å²) in [7, 11) is 1.58. The van der Waals surface area contributed by atoms with Gasteiger partial charge in [-0.1, -0.05) is 18.2 Å². The standard InChI is InChI=1S/C17H17NO3/c1-21-13-4-2-3-12(9-13)18-16(19)14-10-5-6-11(8-7-10)15(14)17(18)20/h2-6,9-11,14-15H,7-8H2,1H3/t10-,11-,14-,15+/m1/s1. The quantitative estimate of drug-likeness (QED) is 0.618. The van der Waals surface area contributed by atoms with Gasteiger partial charge in [0.1, 0.15) is 5.75 Å². The average Bonchev–Trinajstić information content (AvgIpc) is 2.82. The number of hydrogen-bond donors (Lipinski definition) is 0. The molecule has 21 heavy (non-hydrogen) atoms. The van der Waals surface area contributed by atoms with Crippen molar-refractivity contribution in [2.75, 3.05) is 12.0 Å². The minimum absolute atomic E-state index is 0.0442. The second-order valence-corrected chi connectivity index (χ2v) is 6.05. The Morgan fingerprint density at radius 3 is 2.19 bits per heavy atom. The molecule has 1 aromatic carbocycles. The molecule has 4 heteroatoms. The largest absolute Gasteiger partial charge is 0.497 e. The number of amides is 2. The van der Waals surface area contributed by atoms with Crippen LogP contribution < -0.4 is 9.64 Å². The normalized spacial score (nSPS) is 33.5. The zero-order chi connectivity index (χ0) is 14.6. The lowest BCUT2D eigenvalue weighted by molar-refractivity contribution is -0.124. The second kappa shape index (κ2) is 4.45. The number of rotatable bonds is 2. The van der Waals surface area contributed by atoms with Gasteiger partial charge in [0.2, 0.25) is 11.8 Å². The van der Waals surface area contributed by atoms with Crippen LogP contribution in [0, 0.1) is 23.7 Å². The van der Waals surface area contributed by atoms with Crippen LogP contribution in [0.15, 0.2) is 36.4 Å². The van der Waals surface area contributed by atoms with Gasteiger partial charge in [-0.2, -0.15) is 0 Å². The molecule has 5 rings (SSSR count). The monoisotopic (exact) mass is 283 g/mol. The molecule has 4 aliphatic rings. The van der Waals surface area contributed by atoms with Crippen molar-refractivity contribution in [2.24, 2.45) is 23.7 Å². The van der Waals surface area contributed by atoms with E-state index in [9.17, 15) is 9.59 Å². The minimum atomic E-state index is -0.160. The van der Waals surface area contributed by atoms with Gasteiger partial charge in [-0.3, -0.25) is 9.59 Å². The molecule has 0 spiro atoms. The van der Waals surface area contributed by atoms with E-state index in [0.29, 0.717) is 11.4 Å². The van der Waals surface area contributed by atoms with E-state index in [1.54, 1.807) is 19.2 Å². The third kappa shape index (κ3) is 1.68. The molecule has 0 radical (unpaired) electrons. The summed E-state index contributed by atoms with van der Waals surface area (Å²) in [5.74, 6) is 0.706. The molecule has 1 saturated carbocycles. The van der Waals surface area contributed by atoms with Gasteiger partial charge < -0.3 is 4.74 Å². The van der Waals surface area contributed by atoms with E-state index in [-0.39, 0.29) is 35.5 Å². The maximum absolute atomic E-state index is 12.8. The molecule has 0 aromatic heterocycles. The molecule has 4 atom stereocenters. The van der Waals surface area contributed by atoms with Crippen molar-refractivity contribution >= 4 is 17.5 Å². The van der Waals surface area contributed by atoms with Gasteiger partial charge in [0.05, 0.1) is 24.6 Å². The smallest absolute Gasteiger partial charge is 0.238 e. The molecule has 2 fully saturated rings. The summed E-state index contributed by atoms with van der Waals surface area (Å²) < 4.78 is 5.20. The number of imide groups is 1. The molecular weight excluding hydrogens is 266 g/mol. The highest BCUT2D eigenvalue weighted by Gasteiger charge is 2.56. The Labute approximate surface area is 123 Å². The number of fused-ring (bicyclic) bond motifs is 1. The lowest BCUT2D eigenvalue weighted by Crippen LogP contribution is -2.38. The maximum Gasteiger partial charge on any atom is 0.238 e. The third-order valence-corrected chi connectivity index (χ3v) is 5.07. The number of benzene rings is 1. The first-order chi connectivity index (χ1) is 10.2. The molecule has 3 aliphatic carbocycles. The summed E-state index contributed by atoms with van der Waals surface area (Å²) in [4.78, 5) is 26.9. The Morgan fingerprint density at radius 2 is 1.67 bits per heavy atom. The van der Waals surface area contributed by atoms with Crippen LogP contribution in [0.4, 0.5) is 5.69 Å². The van der Waals surface area contributed by atoms with Gasteiger partial charge >= 0.3 is 0 Å². The van der Waals surface area contributed by atoms with Crippen LogP contribution in [0.1, 0.15) is 12.8 Å². The van der Waals surface area contributed by atoms with Gasteiger partial charge in [-0.25, -0.2) is 4.90 Å². The van der Waals surface area contributed by atoms with E-state index in [0.717, 1.165) is 12.8 Å². The van der Waals surface area contributed by atoms with Crippen LogP contribution in [0.5, 0.6) is 5.75 Å². The zero-order valence-electron chi connectivity index (χ0n) is 11.9. The number of carbonyl (C=O) groups excluding carboxylic acids is 2. The summed E-state index contributed by atoms with van der Waals surface area (Å²) in [6.07, 6.45) is 6.31. The van der Waals surface area contributed by atoms with Crippen LogP contribution in [0.2, 0.25) is 0 Å². The van der Waals surface area contributed by atoms with Crippen molar-refractivity contribution in [1.29, 1.82) is 0 Å². The average molecular weight is 283 g/mol. The number of hydrogen-bond acceptors (Lipinski definition) is 3.